The van der Waals surface area contributed by atoms with Gasteiger partial charge in [0, 0.05) is 31.0 Å². The Labute approximate surface area is 105 Å². The van der Waals surface area contributed by atoms with E-state index in [1.165, 1.54) is 6.07 Å². The maximum absolute atomic E-state index is 13.4. The van der Waals surface area contributed by atoms with E-state index < -0.39 is 11.6 Å². The number of hydrogen-bond acceptors (Lipinski definition) is 2. The largest absolute Gasteiger partial charge is 0.308 e. The summed E-state index contributed by atoms with van der Waals surface area (Å²) >= 11 is 0. The van der Waals surface area contributed by atoms with E-state index in [0.29, 0.717) is 18.7 Å². The normalized spacial score (nSPS) is 10.6. The lowest BCUT2D eigenvalue weighted by Crippen LogP contribution is -2.14. The van der Waals surface area contributed by atoms with Gasteiger partial charge in [-0.15, -0.1) is 0 Å². The zero-order valence-electron chi connectivity index (χ0n) is 10.1. The van der Waals surface area contributed by atoms with Crippen molar-refractivity contribution in [3.63, 3.8) is 0 Å². The Kier molecular flexibility index (Phi) is 3.99. The van der Waals surface area contributed by atoms with Crippen LogP contribution in [0.5, 0.6) is 0 Å². The number of halogens is 2. The fourth-order valence-corrected chi connectivity index (χ4v) is 1.71. The van der Waals surface area contributed by atoms with Gasteiger partial charge in [-0.05, 0) is 42.3 Å². The molecule has 4 heteroatoms. The van der Waals surface area contributed by atoms with Gasteiger partial charge >= 0.3 is 0 Å². The summed E-state index contributed by atoms with van der Waals surface area (Å²) in [6.07, 6.45) is 3.49. The summed E-state index contributed by atoms with van der Waals surface area (Å²) in [5.41, 5.74) is 2.51. The average Bonchev–Trinajstić information content (AvgIpc) is 2.36. The summed E-state index contributed by atoms with van der Waals surface area (Å²) in [6.45, 7) is 2.86. The third-order valence-corrected chi connectivity index (χ3v) is 2.78. The number of hydrogen-bond donors (Lipinski definition) is 1. The van der Waals surface area contributed by atoms with Crippen molar-refractivity contribution in [2.24, 2.45) is 0 Å². The van der Waals surface area contributed by atoms with Crippen LogP contribution in [-0.2, 0) is 13.1 Å². The Morgan fingerprint density at radius 2 is 1.89 bits per heavy atom. The van der Waals surface area contributed by atoms with Crippen molar-refractivity contribution in [2.45, 2.75) is 20.0 Å². The van der Waals surface area contributed by atoms with Crippen LogP contribution in [0.1, 0.15) is 16.7 Å². The Morgan fingerprint density at radius 1 is 1.11 bits per heavy atom. The summed E-state index contributed by atoms with van der Waals surface area (Å²) in [5.74, 6) is -0.816. The molecule has 0 unspecified atom stereocenters. The highest BCUT2D eigenvalue weighted by Gasteiger charge is 2.04. The van der Waals surface area contributed by atoms with E-state index in [1.807, 2.05) is 13.0 Å². The highest BCUT2D eigenvalue weighted by Crippen LogP contribution is 2.10. The van der Waals surface area contributed by atoms with Crippen LogP contribution in [0.4, 0.5) is 8.78 Å². The van der Waals surface area contributed by atoms with Crippen LogP contribution in [0.2, 0.25) is 0 Å². The molecule has 2 rings (SSSR count). The van der Waals surface area contributed by atoms with Gasteiger partial charge < -0.3 is 5.32 Å². The molecule has 94 valence electrons. The first-order chi connectivity index (χ1) is 8.66. The molecular formula is C14H14F2N2. The van der Waals surface area contributed by atoms with E-state index in [1.54, 1.807) is 12.4 Å². The van der Waals surface area contributed by atoms with Crippen molar-refractivity contribution < 1.29 is 8.78 Å². The molecule has 0 fully saturated rings. The van der Waals surface area contributed by atoms with Gasteiger partial charge in [0.25, 0.3) is 0 Å². The molecule has 2 nitrogen and oxygen atoms in total. The molecule has 0 aliphatic carbocycles. The van der Waals surface area contributed by atoms with Crippen molar-refractivity contribution in [1.82, 2.24) is 10.3 Å². The highest BCUT2D eigenvalue weighted by atomic mass is 19.1. The number of aryl methyl sites for hydroxylation is 1. The van der Waals surface area contributed by atoms with Gasteiger partial charge in [0.2, 0.25) is 0 Å². The minimum Gasteiger partial charge on any atom is -0.308 e. The predicted molar refractivity (Wildman–Crippen MR) is 65.9 cm³/mol. The maximum Gasteiger partial charge on any atom is 0.127 e. The van der Waals surface area contributed by atoms with E-state index in [9.17, 15) is 8.78 Å². The first-order valence-corrected chi connectivity index (χ1v) is 5.71. The minimum atomic E-state index is -0.423. The number of nitrogens with zero attached hydrogens (tertiary/aromatic N) is 1. The van der Waals surface area contributed by atoms with E-state index in [2.05, 4.69) is 10.3 Å². The SMILES string of the molecule is Cc1cnccc1CNCc1cc(F)ccc1F. The summed E-state index contributed by atoms with van der Waals surface area (Å²) in [6, 6.07) is 5.38. The molecule has 18 heavy (non-hydrogen) atoms. The van der Waals surface area contributed by atoms with Crippen molar-refractivity contribution in [2.75, 3.05) is 0 Å². The first-order valence-electron chi connectivity index (χ1n) is 5.71. The maximum atomic E-state index is 13.4. The molecule has 0 bridgehead atoms. The lowest BCUT2D eigenvalue weighted by molar-refractivity contribution is 0.568. The van der Waals surface area contributed by atoms with E-state index in [4.69, 9.17) is 0 Å². The number of aromatic nitrogens is 1. The smallest absolute Gasteiger partial charge is 0.127 e. The Balaban J connectivity index is 1.96. The van der Waals surface area contributed by atoms with Crippen LogP contribution < -0.4 is 5.32 Å². The third kappa shape index (κ3) is 3.11. The van der Waals surface area contributed by atoms with E-state index >= 15 is 0 Å². The molecular weight excluding hydrogens is 234 g/mol. The summed E-state index contributed by atoms with van der Waals surface area (Å²) in [7, 11) is 0. The van der Waals surface area contributed by atoms with Crippen LogP contribution in [0.15, 0.2) is 36.7 Å². The van der Waals surface area contributed by atoms with Crippen molar-refractivity contribution >= 4 is 0 Å². The van der Waals surface area contributed by atoms with Crippen molar-refractivity contribution in [3.8, 4) is 0 Å². The zero-order valence-corrected chi connectivity index (χ0v) is 10.1. The number of rotatable bonds is 4. The van der Waals surface area contributed by atoms with Crippen LogP contribution in [0.25, 0.3) is 0 Å². The Hall–Kier alpha value is -1.81. The van der Waals surface area contributed by atoms with Crippen LogP contribution in [0, 0.1) is 18.6 Å². The van der Waals surface area contributed by atoms with E-state index in [0.717, 1.165) is 23.3 Å². The minimum absolute atomic E-state index is 0.297. The fraction of sp³-hybridized carbons (Fsp3) is 0.214. The van der Waals surface area contributed by atoms with Crippen molar-refractivity contribution in [3.05, 3.63) is 65.0 Å². The third-order valence-electron chi connectivity index (χ3n) is 2.78. The van der Waals surface area contributed by atoms with Gasteiger partial charge in [-0.25, -0.2) is 8.78 Å². The molecule has 0 amide bonds. The predicted octanol–water partition coefficient (Wildman–Crippen LogP) is 2.96. The quantitative estimate of drug-likeness (QED) is 0.899. The van der Waals surface area contributed by atoms with Gasteiger partial charge in [-0.3, -0.25) is 4.98 Å². The molecule has 0 saturated carbocycles. The highest BCUT2D eigenvalue weighted by molar-refractivity contribution is 5.22. The van der Waals surface area contributed by atoms with Crippen LogP contribution in [0.3, 0.4) is 0 Å². The van der Waals surface area contributed by atoms with Gasteiger partial charge in [0.05, 0.1) is 0 Å². The van der Waals surface area contributed by atoms with Crippen LogP contribution >= 0.6 is 0 Å². The summed E-state index contributed by atoms with van der Waals surface area (Å²) < 4.78 is 26.3. The topological polar surface area (TPSA) is 24.9 Å². The zero-order chi connectivity index (χ0) is 13.0. The van der Waals surface area contributed by atoms with Gasteiger partial charge in [0.15, 0.2) is 0 Å². The fourth-order valence-electron chi connectivity index (χ4n) is 1.71. The van der Waals surface area contributed by atoms with Gasteiger partial charge in [-0.1, -0.05) is 0 Å². The monoisotopic (exact) mass is 248 g/mol. The summed E-state index contributed by atoms with van der Waals surface area (Å²) in [4.78, 5) is 4.00. The molecule has 1 N–H and O–H groups in total. The molecule has 0 aliphatic rings. The average molecular weight is 248 g/mol. The van der Waals surface area contributed by atoms with Crippen molar-refractivity contribution in [1.29, 1.82) is 0 Å². The molecule has 0 radical (unpaired) electrons. The lowest BCUT2D eigenvalue weighted by atomic mass is 10.1. The number of pyridine rings is 1. The first kappa shape index (κ1) is 12.6. The molecule has 2 aromatic rings. The number of benzene rings is 1. The standard InChI is InChI=1S/C14H14F2N2/c1-10-7-17-5-4-11(10)8-18-9-12-6-13(15)2-3-14(12)16/h2-7,18H,8-9H2,1H3. The molecule has 0 aliphatic heterocycles. The molecule has 1 heterocycles. The molecule has 0 spiro atoms. The Morgan fingerprint density at radius 3 is 2.67 bits per heavy atom. The Bertz CT molecular complexity index is 541. The molecule has 0 saturated heterocycles. The van der Waals surface area contributed by atoms with Gasteiger partial charge in [-0.2, -0.15) is 0 Å². The van der Waals surface area contributed by atoms with Crippen LogP contribution in [-0.4, -0.2) is 4.98 Å². The number of nitrogens with one attached hydrogen (secondary N) is 1. The molecule has 1 aromatic carbocycles. The second-order valence-electron chi connectivity index (χ2n) is 4.14. The summed E-state index contributed by atoms with van der Waals surface area (Å²) in [5, 5.41) is 3.09. The molecule has 1 aromatic heterocycles. The molecule has 0 atom stereocenters. The van der Waals surface area contributed by atoms with Gasteiger partial charge in [0.1, 0.15) is 11.6 Å². The second-order valence-corrected chi connectivity index (χ2v) is 4.14. The second kappa shape index (κ2) is 5.69. The van der Waals surface area contributed by atoms with E-state index in [-0.39, 0.29) is 0 Å². The lowest BCUT2D eigenvalue weighted by Gasteiger charge is -2.08.